The third-order valence-electron chi connectivity index (χ3n) is 5.96. The Balaban J connectivity index is 1.61. The van der Waals surface area contributed by atoms with Gasteiger partial charge in [0.1, 0.15) is 11.5 Å². The number of benzene rings is 2. The normalized spacial score (nSPS) is 23.2. The second kappa shape index (κ2) is 5.37. The van der Waals surface area contributed by atoms with Crippen molar-refractivity contribution in [2.45, 2.75) is 31.4 Å². The van der Waals surface area contributed by atoms with Crippen LogP contribution in [0.2, 0.25) is 0 Å². The maximum Gasteiger partial charge on any atom is 0.173 e. The van der Waals surface area contributed by atoms with Crippen molar-refractivity contribution in [3.05, 3.63) is 59.9 Å². The first-order chi connectivity index (χ1) is 12.9. The van der Waals surface area contributed by atoms with E-state index < -0.39 is 0 Å². The highest BCUT2D eigenvalue weighted by Gasteiger charge is 2.41. The molecular weight excluding hydrogens is 324 g/mol. The molecule has 0 saturated carbocycles. The highest BCUT2D eigenvalue weighted by molar-refractivity contribution is 5.90. The molecule has 3 aromatic rings. The van der Waals surface area contributed by atoms with E-state index in [2.05, 4.69) is 46.3 Å². The molecular formula is C22H20N2O2. The van der Waals surface area contributed by atoms with Gasteiger partial charge in [0.15, 0.2) is 6.23 Å². The molecule has 0 N–H and O–H groups in total. The van der Waals surface area contributed by atoms with Crippen LogP contribution in [0.1, 0.15) is 36.3 Å². The van der Waals surface area contributed by atoms with Crippen LogP contribution < -0.4 is 14.4 Å². The van der Waals surface area contributed by atoms with Gasteiger partial charge in [-0.2, -0.15) is 0 Å². The molecule has 0 fully saturated rings. The smallest absolute Gasteiger partial charge is 0.173 e. The summed E-state index contributed by atoms with van der Waals surface area (Å²) in [6.45, 7) is 1.82. The first-order valence-electron chi connectivity index (χ1n) is 9.46. The molecule has 1 aromatic heterocycles. The van der Waals surface area contributed by atoms with Crippen LogP contribution >= 0.6 is 0 Å². The van der Waals surface area contributed by atoms with Crippen molar-refractivity contribution < 1.29 is 9.47 Å². The first kappa shape index (κ1) is 14.4. The lowest BCUT2D eigenvalue weighted by Gasteiger charge is -2.47. The average molecular weight is 344 g/mol. The molecule has 0 amide bonds. The maximum atomic E-state index is 6.60. The number of para-hydroxylation sites is 1. The largest absolute Gasteiger partial charge is 0.491 e. The second-order valence-corrected chi connectivity index (χ2v) is 7.38. The number of ether oxygens (including phenoxy) is 2. The molecule has 2 aromatic carbocycles. The Morgan fingerprint density at radius 1 is 1.04 bits per heavy atom. The highest BCUT2D eigenvalue weighted by Crippen LogP contribution is 2.53. The summed E-state index contributed by atoms with van der Waals surface area (Å²) in [5.41, 5.74) is 3.91. The minimum absolute atomic E-state index is 0.0709. The molecule has 0 radical (unpaired) electrons. The molecule has 2 atom stereocenters. The van der Waals surface area contributed by atoms with Crippen LogP contribution in [0.4, 0.5) is 5.69 Å². The number of pyridine rings is 1. The van der Waals surface area contributed by atoms with Crippen molar-refractivity contribution in [1.82, 2.24) is 4.98 Å². The fourth-order valence-corrected chi connectivity index (χ4v) is 4.77. The van der Waals surface area contributed by atoms with E-state index in [0.29, 0.717) is 5.92 Å². The summed E-state index contributed by atoms with van der Waals surface area (Å²) >= 11 is 0. The van der Waals surface area contributed by atoms with Gasteiger partial charge in [-0.3, -0.25) is 4.98 Å². The maximum absolute atomic E-state index is 6.60. The van der Waals surface area contributed by atoms with E-state index in [4.69, 9.17) is 9.47 Å². The van der Waals surface area contributed by atoms with Crippen molar-refractivity contribution in [3.8, 4) is 11.5 Å². The number of rotatable bonds is 0. The molecule has 3 aliphatic rings. The Hall–Kier alpha value is -2.75. The van der Waals surface area contributed by atoms with E-state index in [1.807, 2.05) is 12.4 Å². The van der Waals surface area contributed by atoms with Crippen LogP contribution in [0.15, 0.2) is 48.8 Å². The fourth-order valence-electron chi connectivity index (χ4n) is 4.77. The van der Waals surface area contributed by atoms with Gasteiger partial charge in [0.05, 0.1) is 12.3 Å². The van der Waals surface area contributed by atoms with Crippen molar-refractivity contribution >= 4 is 16.5 Å². The van der Waals surface area contributed by atoms with Gasteiger partial charge in [0.2, 0.25) is 0 Å². The van der Waals surface area contributed by atoms with Crippen molar-refractivity contribution in [2.75, 3.05) is 18.1 Å². The van der Waals surface area contributed by atoms with Gasteiger partial charge in [0.25, 0.3) is 0 Å². The quantitative estimate of drug-likeness (QED) is 0.603. The van der Waals surface area contributed by atoms with Crippen molar-refractivity contribution in [3.63, 3.8) is 0 Å². The van der Waals surface area contributed by atoms with Gasteiger partial charge in [-0.05, 0) is 30.5 Å². The molecule has 4 heterocycles. The third kappa shape index (κ3) is 1.93. The van der Waals surface area contributed by atoms with Crippen LogP contribution in [-0.4, -0.2) is 24.4 Å². The van der Waals surface area contributed by atoms with Crippen LogP contribution in [0.5, 0.6) is 11.5 Å². The zero-order valence-electron chi connectivity index (χ0n) is 14.5. The van der Waals surface area contributed by atoms with E-state index in [0.717, 1.165) is 54.7 Å². The minimum atomic E-state index is 0.0709. The number of nitrogens with zero attached hydrogens (tertiary/aromatic N) is 2. The number of hydrogen-bond acceptors (Lipinski definition) is 4. The second-order valence-electron chi connectivity index (χ2n) is 7.38. The van der Waals surface area contributed by atoms with Gasteiger partial charge < -0.3 is 14.4 Å². The van der Waals surface area contributed by atoms with Crippen molar-refractivity contribution in [1.29, 1.82) is 0 Å². The van der Waals surface area contributed by atoms with Gasteiger partial charge in [-0.1, -0.05) is 24.3 Å². The molecule has 2 bridgehead atoms. The summed E-state index contributed by atoms with van der Waals surface area (Å²) in [7, 11) is 0. The molecule has 26 heavy (non-hydrogen) atoms. The van der Waals surface area contributed by atoms with Crippen LogP contribution in [0, 0.1) is 0 Å². The summed E-state index contributed by atoms with van der Waals surface area (Å²) < 4.78 is 12.7. The van der Waals surface area contributed by atoms with E-state index in [1.54, 1.807) is 0 Å². The molecule has 0 aliphatic carbocycles. The standard InChI is InChI=1S/C22H20N2O2/c1-2-11-25-19-5-3-4-16-18-12-20(24(10-1)21(16)19)26-22-15-8-9-23-13-14(15)6-7-17(18)22/h3-9,13,18,20H,1-2,10-12H2/t18-,20+/m1/s1. The lowest BCUT2D eigenvalue weighted by molar-refractivity contribution is 0.149. The summed E-state index contributed by atoms with van der Waals surface area (Å²) in [6.07, 6.45) is 7.05. The monoisotopic (exact) mass is 344 g/mol. The summed E-state index contributed by atoms with van der Waals surface area (Å²) in [5, 5.41) is 2.30. The first-order valence-corrected chi connectivity index (χ1v) is 9.46. The van der Waals surface area contributed by atoms with E-state index >= 15 is 0 Å². The lowest BCUT2D eigenvalue weighted by atomic mass is 9.80. The summed E-state index contributed by atoms with van der Waals surface area (Å²) in [6, 6.07) is 13.0. The lowest BCUT2D eigenvalue weighted by Crippen LogP contribution is -2.48. The average Bonchev–Trinajstić information content (AvgIpc) is 2.67. The van der Waals surface area contributed by atoms with Gasteiger partial charge >= 0.3 is 0 Å². The molecule has 130 valence electrons. The predicted octanol–water partition coefficient (Wildman–Crippen LogP) is 4.47. The molecule has 6 rings (SSSR count). The van der Waals surface area contributed by atoms with Gasteiger partial charge in [-0.25, -0.2) is 0 Å². The minimum Gasteiger partial charge on any atom is -0.491 e. The SMILES string of the molecule is c1cc2c3c(c1)[C@H]1C[C@H](Oc4c1ccc1cnccc41)N3CCCCO2. The number of hydrogen-bond donors (Lipinski definition) is 0. The zero-order chi connectivity index (χ0) is 17.1. The Morgan fingerprint density at radius 3 is 3.04 bits per heavy atom. The number of aromatic nitrogens is 1. The van der Waals surface area contributed by atoms with Gasteiger partial charge in [0, 0.05) is 47.6 Å². The molecule has 4 nitrogen and oxygen atoms in total. The van der Waals surface area contributed by atoms with Crippen LogP contribution in [0.3, 0.4) is 0 Å². The topological polar surface area (TPSA) is 34.6 Å². The van der Waals surface area contributed by atoms with E-state index in [1.165, 1.54) is 16.8 Å². The molecule has 0 unspecified atom stereocenters. The van der Waals surface area contributed by atoms with Crippen molar-refractivity contribution in [2.24, 2.45) is 0 Å². The number of anilines is 1. The Morgan fingerprint density at radius 2 is 2.04 bits per heavy atom. The third-order valence-corrected chi connectivity index (χ3v) is 5.96. The van der Waals surface area contributed by atoms with Crippen LogP contribution in [-0.2, 0) is 0 Å². The Kier molecular flexibility index (Phi) is 2.98. The Bertz CT molecular complexity index is 1020. The molecule has 0 spiro atoms. The van der Waals surface area contributed by atoms with E-state index in [9.17, 15) is 0 Å². The molecule has 3 aliphatic heterocycles. The Labute approximate surface area is 152 Å². The molecule has 0 saturated heterocycles. The van der Waals surface area contributed by atoms with Gasteiger partial charge in [-0.15, -0.1) is 0 Å². The summed E-state index contributed by atoms with van der Waals surface area (Å²) in [5.74, 6) is 2.40. The fraction of sp³-hybridized carbons (Fsp3) is 0.318. The highest BCUT2D eigenvalue weighted by atomic mass is 16.5. The molecule has 4 heteroatoms. The van der Waals surface area contributed by atoms with Crippen LogP contribution in [0.25, 0.3) is 10.8 Å². The summed E-state index contributed by atoms with van der Waals surface area (Å²) in [4.78, 5) is 6.70. The predicted molar refractivity (Wildman–Crippen MR) is 101 cm³/mol. The zero-order valence-corrected chi connectivity index (χ0v) is 14.5. The van der Waals surface area contributed by atoms with E-state index in [-0.39, 0.29) is 6.23 Å². The number of fused-ring (bicyclic) bond motifs is 8.